The van der Waals surface area contributed by atoms with Gasteiger partial charge in [0, 0.05) is 53.9 Å². The highest BCUT2D eigenvalue weighted by Gasteiger charge is 2.25. The molecular weight excluding hydrogens is 431 g/mol. The Hall–Kier alpha value is -2.66. The Kier molecular flexibility index (Phi) is 6.71. The summed E-state index contributed by atoms with van der Waals surface area (Å²) in [6, 6.07) is 21.6. The van der Waals surface area contributed by atoms with Crippen LogP contribution in [0.1, 0.15) is 31.8 Å². The van der Waals surface area contributed by atoms with Crippen LogP contribution >= 0.6 is 23.2 Å². The molecule has 1 saturated heterocycles. The number of hydrogen-bond donors (Lipinski definition) is 0. The maximum absolute atomic E-state index is 13.2. The van der Waals surface area contributed by atoms with Crippen LogP contribution in [0, 0.1) is 0 Å². The SMILES string of the molecule is O=C(c1ccc(Cl)cc1)c1ccccc1C(=O)N1CCN(Cc2cccc(Cl)c2)CC1. The molecule has 31 heavy (non-hydrogen) atoms. The van der Waals surface area contributed by atoms with Crippen LogP contribution < -0.4 is 0 Å². The quantitative estimate of drug-likeness (QED) is 0.500. The Bertz CT molecular complexity index is 1090. The van der Waals surface area contributed by atoms with Crippen LogP contribution in [0.5, 0.6) is 0 Å². The fraction of sp³-hybridized carbons (Fsp3) is 0.200. The summed E-state index contributed by atoms with van der Waals surface area (Å²) in [6.07, 6.45) is 0. The van der Waals surface area contributed by atoms with Gasteiger partial charge in [0.2, 0.25) is 0 Å². The minimum Gasteiger partial charge on any atom is -0.336 e. The smallest absolute Gasteiger partial charge is 0.254 e. The topological polar surface area (TPSA) is 40.6 Å². The van der Waals surface area contributed by atoms with Gasteiger partial charge >= 0.3 is 0 Å². The summed E-state index contributed by atoms with van der Waals surface area (Å²) in [7, 11) is 0. The third-order valence-electron chi connectivity index (χ3n) is 5.46. The number of rotatable bonds is 5. The van der Waals surface area contributed by atoms with E-state index in [0.717, 1.165) is 30.2 Å². The van der Waals surface area contributed by atoms with E-state index in [4.69, 9.17) is 23.2 Å². The summed E-state index contributed by atoms with van der Waals surface area (Å²) < 4.78 is 0. The van der Waals surface area contributed by atoms with Crippen LogP contribution in [0.3, 0.4) is 0 Å². The second kappa shape index (κ2) is 9.65. The van der Waals surface area contributed by atoms with E-state index in [1.807, 2.05) is 23.1 Å². The van der Waals surface area contributed by atoms with Crippen molar-refractivity contribution in [3.05, 3.63) is 105 Å². The number of carbonyl (C=O) groups is 2. The van der Waals surface area contributed by atoms with Crippen molar-refractivity contribution in [2.24, 2.45) is 0 Å². The van der Waals surface area contributed by atoms with Gasteiger partial charge in [-0.2, -0.15) is 0 Å². The van der Waals surface area contributed by atoms with Crippen LogP contribution in [-0.2, 0) is 6.54 Å². The van der Waals surface area contributed by atoms with Crippen LogP contribution in [0.2, 0.25) is 10.0 Å². The van der Waals surface area contributed by atoms with E-state index in [-0.39, 0.29) is 11.7 Å². The molecule has 0 aliphatic carbocycles. The Morgan fingerprint density at radius 3 is 2.10 bits per heavy atom. The van der Waals surface area contributed by atoms with Gasteiger partial charge in [-0.25, -0.2) is 0 Å². The number of benzene rings is 3. The summed E-state index contributed by atoms with van der Waals surface area (Å²) in [5.74, 6) is -0.291. The van der Waals surface area contributed by atoms with Crippen molar-refractivity contribution in [3.63, 3.8) is 0 Å². The Labute approximate surface area is 192 Å². The van der Waals surface area contributed by atoms with Crippen molar-refractivity contribution in [2.45, 2.75) is 6.54 Å². The predicted octanol–water partition coefficient (Wildman–Crippen LogP) is 5.18. The number of nitrogens with zero attached hydrogens (tertiary/aromatic N) is 2. The Morgan fingerprint density at radius 1 is 0.742 bits per heavy atom. The van der Waals surface area contributed by atoms with Crippen molar-refractivity contribution in [2.75, 3.05) is 26.2 Å². The monoisotopic (exact) mass is 452 g/mol. The van der Waals surface area contributed by atoms with Crippen molar-refractivity contribution in [1.29, 1.82) is 0 Å². The largest absolute Gasteiger partial charge is 0.336 e. The molecule has 0 bridgehead atoms. The average Bonchev–Trinajstić information content (AvgIpc) is 2.79. The molecule has 158 valence electrons. The second-order valence-corrected chi connectivity index (χ2v) is 8.45. The standard InChI is InChI=1S/C25H22Cl2N2O2/c26-20-10-8-19(9-11-20)24(30)22-6-1-2-7-23(22)25(31)29-14-12-28(13-15-29)17-18-4-3-5-21(27)16-18/h1-11,16H,12-15,17H2. The lowest BCUT2D eigenvalue weighted by Crippen LogP contribution is -2.48. The fourth-order valence-electron chi connectivity index (χ4n) is 3.80. The van der Waals surface area contributed by atoms with Gasteiger partial charge in [-0.3, -0.25) is 14.5 Å². The first-order valence-corrected chi connectivity index (χ1v) is 10.9. The molecule has 4 rings (SSSR count). The van der Waals surface area contributed by atoms with Gasteiger partial charge in [0.15, 0.2) is 5.78 Å². The molecule has 0 unspecified atom stereocenters. The number of amides is 1. The van der Waals surface area contributed by atoms with E-state index in [1.165, 1.54) is 0 Å². The first kappa shape index (κ1) is 21.6. The molecule has 0 saturated carbocycles. The first-order valence-electron chi connectivity index (χ1n) is 10.2. The molecule has 3 aromatic carbocycles. The van der Waals surface area contributed by atoms with Gasteiger partial charge in [-0.05, 0) is 48.0 Å². The van der Waals surface area contributed by atoms with E-state index in [1.54, 1.807) is 48.5 Å². The summed E-state index contributed by atoms with van der Waals surface area (Å²) in [4.78, 5) is 30.4. The summed E-state index contributed by atoms with van der Waals surface area (Å²) in [6.45, 7) is 3.57. The van der Waals surface area contributed by atoms with Crippen molar-refractivity contribution in [1.82, 2.24) is 9.80 Å². The number of carbonyl (C=O) groups excluding carboxylic acids is 2. The third-order valence-corrected chi connectivity index (χ3v) is 5.95. The Morgan fingerprint density at radius 2 is 1.42 bits per heavy atom. The molecule has 1 aliphatic rings. The van der Waals surface area contributed by atoms with Crippen LogP contribution in [0.25, 0.3) is 0 Å². The molecule has 0 aromatic heterocycles. The maximum atomic E-state index is 13.2. The number of ketones is 1. The van der Waals surface area contributed by atoms with Crippen LogP contribution in [0.4, 0.5) is 0 Å². The van der Waals surface area contributed by atoms with E-state index in [0.29, 0.717) is 34.8 Å². The van der Waals surface area contributed by atoms with Crippen molar-refractivity contribution in [3.8, 4) is 0 Å². The lowest BCUT2D eigenvalue weighted by Gasteiger charge is -2.35. The van der Waals surface area contributed by atoms with Gasteiger partial charge in [0.05, 0.1) is 5.56 Å². The molecule has 1 fully saturated rings. The minimum absolute atomic E-state index is 0.111. The highest BCUT2D eigenvalue weighted by Crippen LogP contribution is 2.20. The van der Waals surface area contributed by atoms with Gasteiger partial charge in [-0.15, -0.1) is 0 Å². The van der Waals surface area contributed by atoms with Crippen molar-refractivity contribution >= 4 is 34.9 Å². The fourth-order valence-corrected chi connectivity index (χ4v) is 4.14. The molecule has 1 amide bonds. The highest BCUT2D eigenvalue weighted by atomic mass is 35.5. The third kappa shape index (κ3) is 5.16. The zero-order chi connectivity index (χ0) is 21.8. The molecule has 4 nitrogen and oxygen atoms in total. The Balaban J connectivity index is 1.45. The molecule has 1 aliphatic heterocycles. The molecule has 3 aromatic rings. The second-order valence-electron chi connectivity index (χ2n) is 7.58. The maximum Gasteiger partial charge on any atom is 0.254 e. The van der Waals surface area contributed by atoms with Gasteiger partial charge in [0.25, 0.3) is 5.91 Å². The zero-order valence-electron chi connectivity index (χ0n) is 16.9. The molecule has 6 heteroatoms. The molecule has 0 atom stereocenters. The average molecular weight is 453 g/mol. The summed E-state index contributed by atoms with van der Waals surface area (Å²) in [5, 5.41) is 1.30. The number of hydrogen-bond acceptors (Lipinski definition) is 3. The molecule has 1 heterocycles. The lowest BCUT2D eigenvalue weighted by molar-refractivity contribution is 0.0625. The molecule has 0 radical (unpaired) electrons. The lowest BCUT2D eigenvalue weighted by atomic mass is 9.97. The first-order chi connectivity index (χ1) is 15.0. The summed E-state index contributed by atoms with van der Waals surface area (Å²) in [5.41, 5.74) is 2.52. The highest BCUT2D eigenvalue weighted by molar-refractivity contribution is 6.31. The number of piperazine rings is 1. The predicted molar refractivity (Wildman–Crippen MR) is 124 cm³/mol. The van der Waals surface area contributed by atoms with Gasteiger partial charge < -0.3 is 4.90 Å². The zero-order valence-corrected chi connectivity index (χ0v) is 18.4. The van der Waals surface area contributed by atoms with Crippen LogP contribution in [-0.4, -0.2) is 47.7 Å². The van der Waals surface area contributed by atoms with E-state index < -0.39 is 0 Å². The molecular formula is C25H22Cl2N2O2. The molecule has 0 spiro atoms. The van der Waals surface area contributed by atoms with Gasteiger partial charge in [-0.1, -0.05) is 53.5 Å². The normalized spacial score (nSPS) is 14.5. The summed E-state index contributed by atoms with van der Waals surface area (Å²) >= 11 is 12.0. The van der Waals surface area contributed by atoms with E-state index in [2.05, 4.69) is 11.0 Å². The van der Waals surface area contributed by atoms with Crippen molar-refractivity contribution < 1.29 is 9.59 Å². The van der Waals surface area contributed by atoms with Gasteiger partial charge in [0.1, 0.15) is 0 Å². The van der Waals surface area contributed by atoms with Crippen LogP contribution in [0.15, 0.2) is 72.8 Å². The molecule has 0 N–H and O–H groups in total. The minimum atomic E-state index is -0.180. The van der Waals surface area contributed by atoms with E-state index in [9.17, 15) is 9.59 Å². The van der Waals surface area contributed by atoms with E-state index >= 15 is 0 Å². The number of halogens is 2.